The standard InChI is InChI=1S/C15H19F3N2O2/c1-9-5-13(10(2)20(9)8-15(16,17)18)14(22)19-12-4-3-11(6-12)7-21/h3-5,11-12,21H,6-8H2,1-2H3,(H,19,22)/t11-,12+/m0/s1. The average molecular weight is 316 g/mol. The Morgan fingerprint density at radius 1 is 1.41 bits per heavy atom. The number of carbonyl (C=O) groups is 1. The number of aromatic nitrogens is 1. The van der Waals surface area contributed by atoms with Crippen molar-refractivity contribution in [3.8, 4) is 0 Å². The van der Waals surface area contributed by atoms with Crippen LogP contribution in [0.25, 0.3) is 0 Å². The molecular formula is C15H19F3N2O2. The van der Waals surface area contributed by atoms with Gasteiger partial charge in [-0.2, -0.15) is 13.2 Å². The van der Waals surface area contributed by atoms with Crippen molar-refractivity contribution in [3.05, 3.63) is 35.2 Å². The molecule has 2 atom stereocenters. The first-order valence-corrected chi connectivity index (χ1v) is 7.05. The zero-order valence-corrected chi connectivity index (χ0v) is 12.4. The predicted molar refractivity (Wildman–Crippen MR) is 75.5 cm³/mol. The van der Waals surface area contributed by atoms with Crippen molar-refractivity contribution in [2.75, 3.05) is 6.61 Å². The second kappa shape index (κ2) is 6.16. The molecule has 0 aromatic carbocycles. The number of alkyl halides is 3. The lowest BCUT2D eigenvalue weighted by atomic mass is 10.1. The number of aliphatic hydroxyl groups is 1. The molecule has 0 saturated carbocycles. The van der Waals surface area contributed by atoms with Gasteiger partial charge in [-0.3, -0.25) is 4.79 Å². The molecule has 1 aliphatic rings. The summed E-state index contributed by atoms with van der Waals surface area (Å²) in [5, 5.41) is 11.8. The molecule has 0 bridgehead atoms. The number of carbonyl (C=O) groups excluding carboxylic acids is 1. The molecule has 0 radical (unpaired) electrons. The van der Waals surface area contributed by atoms with E-state index in [2.05, 4.69) is 5.32 Å². The normalized spacial score (nSPS) is 21.4. The summed E-state index contributed by atoms with van der Waals surface area (Å²) in [6.45, 7) is 1.97. The van der Waals surface area contributed by atoms with Gasteiger partial charge in [0.25, 0.3) is 5.91 Å². The molecule has 1 aromatic heterocycles. The fourth-order valence-corrected chi connectivity index (χ4v) is 2.72. The van der Waals surface area contributed by atoms with Crippen LogP contribution in [0, 0.1) is 19.8 Å². The Kier molecular flexibility index (Phi) is 4.65. The second-order valence-electron chi connectivity index (χ2n) is 5.63. The van der Waals surface area contributed by atoms with Gasteiger partial charge in [0.2, 0.25) is 0 Å². The van der Waals surface area contributed by atoms with E-state index in [9.17, 15) is 18.0 Å². The SMILES string of the molecule is Cc1cc(C(=O)N[C@@H]2C=C[C@H](CO)C2)c(C)n1CC(F)(F)F. The zero-order chi connectivity index (χ0) is 16.5. The van der Waals surface area contributed by atoms with E-state index in [-0.39, 0.29) is 24.1 Å². The van der Waals surface area contributed by atoms with E-state index in [0.717, 1.165) is 4.57 Å². The number of aryl methyl sites for hydroxylation is 1. The van der Waals surface area contributed by atoms with Crippen LogP contribution < -0.4 is 5.32 Å². The van der Waals surface area contributed by atoms with Gasteiger partial charge in [-0.1, -0.05) is 12.2 Å². The number of nitrogens with zero attached hydrogens (tertiary/aromatic N) is 1. The fourth-order valence-electron chi connectivity index (χ4n) is 2.72. The maximum atomic E-state index is 12.6. The summed E-state index contributed by atoms with van der Waals surface area (Å²) in [6, 6.07) is 1.27. The van der Waals surface area contributed by atoms with E-state index < -0.39 is 18.6 Å². The van der Waals surface area contributed by atoms with Crippen molar-refractivity contribution in [1.29, 1.82) is 0 Å². The summed E-state index contributed by atoms with van der Waals surface area (Å²) < 4.78 is 38.8. The van der Waals surface area contributed by atoms with Gasteiger partial charge in [-0.25, -0.2) is 0 Å². The van der Waals surface area contributed by atoms with Gasteiger partial charge in [-0.15, -0.1) is 0 Å². The van der Waals surface area contributed by atoms with Crippen LogP contribution >= 0.6 is 0 Å². The van der Waals surface area contributed by atoms with Crippen molar-refractivity contribution in [1.82, 2.24) is 9.88 Å². The van der Waals surface area contributed by atoms with Gasteiger partial charge in [0.1, 0.15) is 6.54 Å². The fraction of sp³-hybridized carbons (Fsp3) is 0.533. The predicted octanol–water partition coefficient (Wildman–Crippen LogP) is 2.33. The van der Waals surface area contributed by atoms with Crippen molar-refractivity contribution < 1.29 is 23.1 Å². The number of aliphatic hydroxyl groups excluding tert-OH is 1. The molecule has 0 unspecified atom stereocenters. The first-order chi connectivity index (χ1) is 10.2. The van der Waals surface area contributed by atoms with E-state index in [4.69, 9.17) is 5.11 Å². The molecule has 7 heteroatoms. The minimum Gasteiger partial charge on any atom is -0.396 e. The number of hydrogen-bond acceptors (Lipinski definition) is 2. The van der Waals surface area contributed by atoms with Crippen LogP contribution in [0.4, 0.5) is 13.2 Å². The highest BCUT2D eigenvalue weighted by Crippen LogP contribution is 2.24. The van der Waals surface area contributed by atoms with Gasteiger partial charge >= 0.3 is 6.18 Å². The second-order valence-corrected chi connectivity index (χ2v) is 5.63. The molecule has 0 aliphatic heterocycles. The summed E-state index contributed by atoms with van der Waals surface area (Å²) in [5.41, 5.74) is 0.950. The van der Waals surface area contributed by atoms with Crippen LogP contribution in [-0.2, 0) is 6.54 Å². The van der Waals surface area contributed by atoms with Gasteiger partial charge in [0.15, 0.2) is 0 Å². The first kappa shape index (κ1) is 16.6. The Bertz CT molecular complexity index is 590. The summed E-state index contributed by atoms with van der Waals surface area (Å²) in [7, 11) is 0. The molecule has 0 fully saturated rings. The molecule has 1 amide bonds. The topological polar surface area (TPSA) is 54.3 Å². The van der Waals surface area contributed by atoms with Crippen LogP contribution in [-0.4, -0.2) is 34.4 Å². The molecule has 122 valence electrons. The van der Waals surface area contributed by atoms with Gasteiger partial charge in [0.05, 0.1) is 5.56 Å². The minimum atomic E-state index is -4.33. The summed E-state index contributed by atoms with van der Waals surface area (Å²) in [4.78, 5) is 12.2. The molecule has 1 heterocycles. The lowest BCUT2D eigenvalue weighted by molar-refractivity contribution is -0.141. The lowest BCUT2D eigenvalue weighted by Crippen LogP contribution is -2.33. The molecule has 1 aliphatic carbocycles. The van der Waals surface area contributed by atoms with E-state index in [1.54, 1.807) is 13.0 Å². The third-order valence-corrected chi connectivity index (χ3v) is 3.88. The molecule has 1 aromatic rings. The number of amides is 1. The summed E-state index contributed by atoms with van der Waals surface area (Å²) in [6.07, 6.45) is -0.0973. The van der Waals surface area contributed by atoms with Crippen molar-refractivity contribution >= 4 is 5.91 Å². The van der Waals surface area contributed by atoms with Crippen LogP contribution in [0.1, 0.15) is 28.2 Å². The number of halogens is 3. The van der Waals surface area contributed by atoms with Gasteiger partial charge < -0.3 is 15.0 Å². The van der Waals surface area contributed by atoms with E-state index in [0.29, 0.717) is 17.8 Å². The van der Waals surface area contributed by atoms with Gasteiger partial charge in [-0.05, 0) is 26.3 Å². The van der Waals surface area contributed by atoms with E-state index in [1.807, 2.05) is 6.08 Å². The maximum absolute atomic E-state index is 12.6. The van der Waals surface area contributed by atoms with Crippen molar-refractivity contribution in [2.45, 2.75) is 39.0 Å². The summed E-state index contributed by atoms with van der Waals surface area (Å²) in [5.74, 6) is -0.377. The van der Waals surface area contributed by atoms with E-state index >= 15 is 0 Å². The van der Waals surface area contributed by atoms with Crippen LogP contribution in [0.5, 0.6) is 0 Å². The number of hydrogen-bond donors (Lipinski definition) is 2. The molecule has 4 nitrogen and oxygen atoms in total. The highest BCUT2D eigenvalue weighted by Gasteiger charge is 2.30. The third kappa shape index (κ3) is 3.71. The Hall–Kier alpha value is -1.76. The monoisotopic (exact) mass is 316 g/mol. The first-order valence-electron chi connectivity index (χ1n) is 7.05. The largest absolute Gasteiger partial charge is 0.406 e. The molecule has 2 N–H and O–H groups in total. The highest BCUT2D eigenvalue weighted by molar-refractivity contribution is 5.96. The third-order valence-electron chi connectivity index (χ3n) is 3.88. The van der Waals surface area contributed by atoms with Gasteiger partial charge in [0, 0.05) is 30.0 Å². The van der Waals surface area contributed by atoms with Crippen molar-refractivity contribution in [3.63, 3.8) is 0 Å². The molecular weight excluding hydrogens is 297 g/mol. The Balaban J connectivity index is 2.11. The quantitative estimate of drug-likeness (QED) is 0.838. The Labute approximate surface area is 126 Å². The maximum Gasteiger partial charge on any atom is 0.406 e. The smallest absolute Gasteiger partial charge is 0.396 e. The summed E-state index contributed by atoms with van der Waals surface area (Å²) >= 11 is 0. The highest BCUT2D eigenvalue weighted by atomic mass is 19.4. The van der Waals surface area contributed by atoms with Crippen LogP contribution in [0.3, 0.4) is 0 Å². The van der Waals surface area contributed by atoms with Crippen LogP contribution in [0.2, 0.25) is 0 Å². The zero-order valence-electron chi connectivity index (χ0n) is 12.4. The molecule has 22 heavy (non-hydrogen) atoms. The minimum absolute atomic E-state index is 0.0166. The molecule has 0 saturated heterocycles. The van der Waals surface area contributed by atoms with Crippen molar-refractivity contribution in [2.24, 2.45) is 5.92 Å². The molecule has 2 rings (SSSR count). The number of rotatable bonds is 4. The Morgan fingerprint density at radius 2 is 2.09 bits per heavy atom. The number of nitrogens with one attached hydrogen (secondary N) is 1. The average Bonchev–Trinajstić information content (AvgIpc) is 2.97. The Morgan fingerprint density at radius 3 is 2.64 bits per heavy atom. The van der Waals surface area contributed by atoms with E-state index in [1.165, 1.54) is 13.0 Å². The lowest BCUT2D eigenvalue weighted by Gasteiger charge is -2.14. The molecule has 0 spiro atoms. The van der Waals surface area contributed by atoms with Crippen LogP contribution in [0.15, 0.2) is 18.2 Å².